The number of pyridine rings is 1. The van der Waals surface area contributed by atoms with E-state index in [-0.39, 0.29) is 24.5 Å². The summed E-state index contributed by atoms with van der Waals surface area (Å²) in [6, 6.07) is 16.3. The van der Waals surface area contributed by atoms with Crippen LogP contribution in [0.25, 0.3) is 0 Å². The molecule has 0 atom stereocenters. The standard InChI is InChI=1S/C21H18BrCl2N3O3S/c22-16-5-8-19(9-6-16)31(29,30)27(13-15-4-7-17(23)11-20(15)24)14-21(28)26-12-18-3-1-2-10-25-18/h1-11H,12-14H2,(H,26,28). The first-order valence-electron chi connectivity index (χ1n) is 9.12. The van der Waals surface area contributed by atoms with Crippen LogP contribution in [0.5, 0.6) is 0 Å². The van der Waals surface area contributed by atoms with E-state index in [4.69, 9.17) is 23.2 Å². The lowest BCUT2D eigenvalue weighted by Gasteiger charge is -2.22. The molecule has 0 spiro atoms. The monoisotopic (exact) mass is 541 g/mol. The molecule has 0 aliphatic heterocycles. The molecular weight excluding hydrogens is 525 g/mol. The second kappa shape index (κ2) is 10.6. The molecule has 0 aliphatic rings. The van der Waals surface area contributed by atoms with E-state index in [0.717, 1.165) is 8.78 Å². The van der Waals surface area contributed by atoms with Crippen molar-refractivity contribution in [3.05, 3.63) is 92.6 Å². The molecule has 1 N–H and O–H groups in total. The number of hydrogen-bond donors (Lipinski definition) is 1. The number of carbonyl (C=O) groups excluding carboxylic acids is 1. The van der Waals surface area contributed by atoms with Crippen molar-refractivity contribution in [2.45, 2.75) is 18.0 Å². The highest BCUT2D eigenvalue weighted by Gasteiger charge is 2.27. The number of aromatic nitrogens is 1. The lowest BCUT2D eigenvalue weighted by molar-refractivity contribution is -0.121. The van der Waals surface area contributed by atoms with Gasteiger partial charge in [0, 0.05) is 27.3 Å². The number of benzene rings is 2. The summed E-state index contributed by atoms with van der Waals surface area (Å²) in [4.78, 5) is 16.8. The van der Waals surface area contributed by atoms with Gasteiger partial charge in [-0.3, -0.25) is 9.78 Å². The molecule has 0 bridgehead atoms. The minimum Gasteiger partial charge on any atom is -0.349 e. The molecule has 2 aromatic carbocycles. The van der Waals surface area contributed by atoms with Crippen molar-refractivity contribution in [3.63, 3.8) is 0 Å². The Balaban J connectivity index is 1.84. The Morgan fingerprint density at radius 1 is 1.06 bits per heavy atom. The highest BCUT2D eigenvalue weighted by Crippen LogP contribution is 2.25. The first-order valence-corrected chi connectivity index (χ1v) is 12.1. The maximum atomic E-state index is 13.3. The topological polar surface area (TPSA) is 79.4 Å². The molecule has 0 unspecified atom stereocenters. The van der Waals surface area contributed by atoms with E-state index >= 15 is 0 Å². The molecule has 31 heavy (non-hydrogen) atoms. The summed E-state index contributed by atoms with van der Waals surface area (Å²) in [6.07, 6.45) is 1.62. The maximum absolute atomic E-state index is 13.3. The van der Waals surface area contributed by atoms with Gasteiger partial charge in [0.1, 0.15) is 0 Å². The number of nitrogens with zero attached hydrogens (tertiary/aromatic N) is 2. The fourth-order valence-corrected chi connectivity index (χ4v) is 4.84. The molecule has 1 amide bonds. The lowest BCUT2D eigenvalue weighted by Crippen LogP contribution is -2.40. The van der Waals surface area contributed by atoms with E-state index < -0.39 is 15.9 Å². The SMILES string of the molecule is O=C(CN(Cc1ccc(Cl)cc1Cl)S(=O)(=O)c1ccc(Br)cc1)NCc1ccccn1. The van der Waals surface area contributed by atoms with Crippen LogP contribution < -0.4 is 5.32 Å². The van der Waals surface area contributed by atoms with Crippen molar-refractivity contribution >= 4 is 55.1 Å². The average Bonchev–Trinajstić information content (AvgIpc) is 2.74. The van der Waals surface area contributed by atoms with Crippen molar-refractivity contribution in [1.82, 2.24) is 14.6 Å². The molecule has 0 saturated carbocycles. The second-order valence-electron chi connectivity index (χ2n) is 6.56. The molecule has 162 valence electrons. The predicted octanol–water partition coefficient (Wildman–Crippen LogP) is 4.66. The molecule has 3 rings (SSSR count). The van der Waals surface area contributed by atoms with Crippen molar-refractivity contribution in [3.8, 4) is 0 Å². The number of rotatable bonds is 8. The van der Waals surface area contributed by atoms with Gasteiger partial charge in [-0.05, 0) is 54.1 Å². The number of sulfonamides is 1. The van der Waals surface area contributed by atoms with Gasteiger partial charge < -0.3 is 5.32 Å². The highest BCUT2D eigenvalue weighted by atomic mass is 79.9. The highest BCUT2D eigenvalue weighted by molar-refractivity contribution is 9.10. The fourth-order valence-electron chi connectivity index (χ4n) is 2.73. The Morgan fingerprint density at radius 2 is 1.81 bits per heavy atom. The Morgan fingerprint density at radius 3 is 2.45 bits per heavy atom. The molecular formula is C21H18BrCl2N3O3S. The van der Waals surface area contributed by atoms with Crippen LogP contribution in [0.2, 0.25) is 10.0 Å². The second-order valence-corrected chi connectivity index (χ2v) is 10.3. The van der Waals surface area contributed by atoms with Gasteiger partial charge in [0.05, 0.1) is 23.7 Å². The molecule has 1 heterocycles. The van der Waals surface area contributed by atoms with Gasteiger partial charge >= 0.3 is 0 Å². The zero-order chi connectivity index (χ0) is 22.4. The quantitative estimate of drug-likeness (QED) is 0.449. The van der Waals surface area contributed by atoms with E-state index in [1.807, 2.05) is 0 Å². The van der Waals surface area contributed by atoms with Crippen LogP contribution in [0.1, 0.15) is 11.3 Å². The van der Waals surface area contributed by atoms with Gasteiger partial charge in [-0.15, -0.1) is 0 Å². The molecule has 0 aliphatic carbocycles. The van der Waals surface area contributed by atoms with Crippen molar-refractivity contribution in [2.75, 3.05) is 6.54 Å². The summed E-state index contributed by atoms with van der Waals surface area (Å²) in [5, 5.41) is 3.45. The Hall–Kier alpha value is -1.97. The van der Waals surface area contributed by atoms with Gasteiger partial charge in [-0.1, -0.05) is 51.3 Å². The van der Waals surface area contributed by atoms with Gasteiger partial charge in [-0.25, -0.2) is 8.42 Å². The normalized spacial score (nSPS) is 11.5. The zero-order valence-corrected chi connectivity index (χ0v) is 20.0. The van der Waals surface area contributed by atoms with Crippen molar-refractivity contribution in [2.24, 2.45) is 0 Å². The summed E-state index contributed by atoms with van der Waals surface area (Å²) >= 11 is 15.5. The molecule has 10 heteroatoms. The molecule has 0 fully saturated rings. The first-order chi connectivity index (χ1) is 14.8. The van der Waals surface area contributed by atoms with Gasteiger partial charge in [-0.2, -0.15) is 4.31 Å². The predicted molar refractivity (Wildman–Crippen MR) is 124 cm³/mol. The first kappa shape index (κ1) is 23.7. The van der Waals surface area contributed by atoms with Crippen LogP contribution in [0.3, 0.4) is 0 Å². The smallest absolute Gasteiger partial charge is 0.243 e. The van der Waals surface area contributed by atoms with Gasteiger partial charge in [0.25, 0.3) is 0 Å². The third kappa shape index (κ3) is 6.51. The van der Waals surface area contributed by atoms with Crippen LogP contribution >= 0.6 is 39.1 Å². The van der Waals surface area contributed by atoms with E-state index in [0.29, 0.717) is 21.3 Å². The lowest BCUT2D eigenvalue weighted by atomic mass is 10.2. The Bertz CT molecular complexity index is 1160. The third-order valence-corrected chi connectivity index (χ3v) is 7.25. The van der Waals surface area contributed by atoms with Crippen LogP contribution in [0.15, 0.2) is 76.2 Å². The van der Waals surface area contributed by atoms with Crippen molar-refractivity contribution < 1.29 is 13.2 Å². The minimum absolute atomic E-state index is 0.0679. The summed E-state index contributed by atoms with van der Waals surface area (Å²) in [7, 11) is -3.98. The zero-order valence-electron chi connectivity index (χ0n) is 16.1. The van der Waals surface area contributed by atoms with E-state index in [2.05, 4.69) is 26.2 Å². The largest absolute Gasteiger partial charge is 0.349 e. The van der Waals surface area contributed by atoms with E-state index in [1.165, 1.54) is 18.2 Å². The molecule has 1 aromatic heterocycles. The molecule has 0 saturated heterocycles. The van der Waals surface area contributed by atoms with Crippen LogP contribution in [0, 0.1) is 0 Å². The van der Waals surface area contributed by atoms with Crippen LogP contribution in [0.4, 0.5) is 0 Å². The summed E-state index contributed by atoms with van der Waals surface area (Å²) < 4.78 is 28.4. The van der Waals surface area contributed by atoms with Gasteiger partial charge in [0.2, 0.25) is 15.9 Å². The van der Waals surface area contributed by atoms with Crippen molar-refractivity contribution in [1.29, 1.82) is 0 Å². The fraction of sp³-hybridized carbons (Fsp3) is 0.143. The molecule has 3 aromatic rings. The molecule has 0 radical (unpaired) electrons. The van der Waals surface area contributed by atoms with E-state index in [1.54, 1.807) is 48.7 Å². The summed E-state index contributed by atoms with van der Waals surface area (Å²) in [5.74, 6) is -0.462. The number of nitrogens with one attached hydrogen (secondary N) is 1. The number of amides is 1. The maximum Gasteiger partial charge on any atom is 0.243 e. The number of hydrogen-bond acceptors (Lipinski definition) is 4. The number of carbonyl (C=O) groups is 1. The average molecular weight is 543 g/mol. The number of halogens is 3. The third-order valence-electron chi connectivity index (χ3n) is 4.33. The summed E-state index contributed by atoms with van der Waals surface area (Å²) in [6.45, 7) is -0.289. The minimum atomic E-state index is -3.98. The molecule has 6 nitrogen and oxygen atoms in total. The van der Waals surface area contributed by atoms with Crippen LogP contribution in [-0.2, 0) is 27.9 Å². The van der Waals surface area contributed by atoms with Gasteiger partial charge in [0.15, 0.2) is 0 Å². The van der Waals surface area contributed by atoms with E-state index in [9.17, 15) is 13.2 Å². The Kier molecular flexibility index (Phi) is 8.07. The van der Waals surface area contributed by atoms with Crippen LogP contribution in [-0.4, -0.2) is 30.2 Å². The summed E-state index contributed by atoms with van der Waals surface area (Å²) in [5.41, 5.74) is 1.20. The Labute approximate surface area is 199 Å².